The molecule has 0 saturated carbocycles. The molecule has 40 heavy (non-hydrogen) atoms. The smallest absolute Gasteiger partial charge is 0.410 e. The van der Waals surface area contributed by atoms with E-state index in [1.165, 1.54) is 12.3 Å². The van der Waals surface area contributed by atoms with Crippen LogP contribution in [0.1, 0.15) is 69.8 Å². The monoisotopic (exact) mass is 546 g/mol. The third kappa shape index (κ3) is 5.45. The number of amides is 1. The van der Waals surface area contributed by atoms with Crippen molar-refractivity contribution < 1.29 is 18.7 Å². The topological polar surface area (TPSA) is 123 Å². The third-order valence-electron chi connectivity index (χ3n) is 6.75. The molecule has 208 valence electrons. The van der Waals surface area contributed by atoms with Crippen molar-refractivity contribution in [3.63, 3.8) is 0 Å². The van der Waals surface area contributed by atoms with Crippen LogP contribution >= 0.6 is 0 Å². The van der Waals surface area contributed by atoms with Crippen molar-refractivity contribution in [2.24, 2.45) is 0 Å². The van der Waals surface area contributed by atoms with Crippen LogP contribution in [0.15, 0.2) is 36.7 Å². The van der Waals surface area contributed by atoms with Gasteiger partial charge in [0.2, 0.25) is 5.88 Å². The zero-order chi connectivity index (χ0) is 28.6. The number of hydrogen-bond acceptors (Lipinski definition) is 8. The number of nitrogens with zero attached hydrogens (tertiary/aromatic N) is 8. The second-order valence-corrected chi connectivity index (χ2v) is 10.9. The minimum atomic E-state index is -0.568. The van der Waals surface area contributed by atoms with Crippen LogP contribution in [0.3, 0.4) is 0 Å². The third-order valence-corrected chi connectivity index (χ3v) is 6.75. The number of fused-ring (bicyclic) bond motifs is 1. The van der Waals surface area contributed by atoms with Crippen LogP contribution in [0, 0.1) is 24.1 Å². The van der Waals surface area contributed by atoms with Gasteiger partial charge in [0, 0.05) is 24.7 Å². The number of ether oxygens (including phenoxy) is 2. The summed E-state index contributed by atoms with van der Waals surface area (Å²) in [4.78, 5) is 22.9. The fourth-order valence-corrected chi connectivity index (χ4v) is 4.85. The molecule has 1 amide bonds. The van der Waals surface area contributed by atoms with Gasteiger partial charge in [0.1, 0.15) is 40.6 Å². The summed E-state index contributed by atoms with van der Waals surface area (Å²) >= 11 is 0. The minimum absolute atomic E-state index is 0.0526. The Morgan fingerprint density at radius 1 is 1.23 bits per heavy atom. The summed E-state index contributed by atoms with van der Waals surface area (Å²) in [5.41, 5.74) is 2.95. The first-order valence-corrected chi connectivity index (χ1v) is 13.1. The van der Waals surface area contributed by atoms with Gasteiger partial charge in [-0.3, -0.25) is 9.38 Å². The second kappa shape index (κ2) is 10.6. The van der Waals surface area contributed by atoms with Crippen LogP contribution in [0.4, 0.5) is 9.18 Å². The lowest BCUT2D eigenvalue weighted by Gasteiger charge is -2.34. The predicted molar refractivity (Wildman–Crippen MR) is 143 cm³/mol. The van der Waals surface area contributed by atoms with E-state index >= 15 is 0 Å². The zero-order valence-electron chi connectivity index (χ0n) is 23.1. The van der Waals surface area contributed by atoms with Crippen molar-refractivity contribution in [1.29, 1.82) is 5.26 Å². The number of halogens is 1. The molecule has 12 heteroatoms. The molecule has 4 aromatic rings. The number of rotatable bonds is 5. The van der Waals surface area contributed by atoms with Crippen LogP contribution in [-0.2, 0) is 4.74 Å². The van der Waals surface area contributed by atoms with Gasteiger partial charge in [-0.05, 0) is 65.7 Å². The number of hydrogen-bond donors (Lipinski definition) is 0. The SMILES string of the molecule is Cc1c(-c2cc(O[C@H](C)c3ccc(F)cn3)n3c(C#N)cnc3c2)nnn1[C@@H]1CCCN(C(=O)OC(C)(C)C)C1. The molecule has 0 bridgehead atoms. The van der Waals surface area contributed by atoms with Crippen molar-refractivity contribution in [3.8, 4) is 23.2 Å². The highest BCUT2D eigenvalue weighted by atomic mass is 19.1. The van der Waals surface area contributed by atoms with E-state index in [2.05, 4.69) is 26.3 Å². The summed E-state index contributed by atoms with van der Waals surface area (Å²) in [5.74, 6) is -0.0738. The highest BCUT2D eigenvalue weighted by molar-refractivity contribution is 5.69. The van der Waals surface area contributed by atoms with E-state index in [4.69, 9.17) is 9.47 Å². The number of likely N-dealkylation sites (tertiary alicyclic amines) is 1. The van der Waals surface area contributed by atoms with Crippen molar-refractivity contribution >= 4 is 11.7 Å². The first-order valence-electron chi connectivity index (χ1n) is 13.1. The summed E-state index contributed by atoms with van der Waals surface area (Å²) in [5, 5.41) is 18.6. The summed E-state index contributed by atoms with van der Waals surface area (Å²) < 4.78 is 28.7. The number of imidazole rings is 1. The van der Waals surface area contributed by atoms with Gasteiger partial charge in [-0.25, -0.2) is 18.9 Å². The van der Waals surface area contributed by atoms with Crippen LogP contribution in [-0.4, -0.2) is 59.0 Å². The number of piperidine rings is 1. The Kier molecular flexibility index (Phi) is 7.14. The van der Waals surface area contributed by atoms with Gasteiger partial charge >= 0.3 is 6.09 Å². The van der Waals surface area contributed by atoms with E-state index in [1.807, 2.05) is 38.4 Å². The molecule has 1 fully saturated rings. The summed E-state index contributed by atoms with van der Waals surface area (Å²) in [7, 11) is 0. The van der Waals surface area contributed by atoms with Gasteiger partial charge in [0.25, 0.3) is 0 Å². The van der Waals surface area contributed by atoms with Gasteiger partial charge in [-0.15, -0.1) is 5.10 Å². The molecule has 0 spiro atoms. The van der Waals surface area contributed by atoms with Crippen LogP contribution < -0.4 is 4.74 Å². The Hall–Kier alpha value is -4.53. The van der Waals surface area contributed by atoms with Crippen LogP contribution in [0.25, 0.3) is 16.9 Å². The average molecular weight is 547 g/mol. The summed E-state index contributed by atoms with van der Waals surface area (Å²) in [6.07, 6.45) is 3.41. The van der Waals surface area contributed by atoms with Crippen LogP contribution in [0.5, 0.6) is 5.88 Å². The highest BCUT2D eigenvalue weighted by Gasteiger charge is 2.30. The molecule has 5 heterocycles. The molecule has 1 saturated heterocycles. The Balaban J connectivity index is 1.46. The van der Waals surface area contributed by atoms with Gasteiger partial charge in [0.05, 0.1) is 29.8 Å². The van der Waals surface area contributed by atoms with E-state index in [9.17, 15) is 14.4 Å². The van der Waals surface area contributed by atoms with Gasteiger partial charge < -0.3 is 14.4 Å². The maximum absolute atomic E-state index is 13.4. The molecule has 2 atom stereocenters. The lowest BCUT2D eigenvalue weighted by atomic mass is 10.1. The van der Waals surface area contributed by atoms with Crippen molar-refractivity contribution in [2.45, 2.75) is 65.2 Å². The average Bonchev–Trinajstić information content (AvgIpc) is 3.51. The molecular weight excluding hydrogens is 515 g/mol. The summed E-state index contributed by atoms with van der Waals surface area (Å²) in [6, 6.07) is 8.57. The van der Waals surface area contributed by atoms with Crippen LogP contribution in [0.2, 0.25) is 0 Å². The van der Waals surface area contributed by atoms with E-state index in [1.54, 1.807) is 28.4 Å². The first kappa shape index (κ1) is 27.1. The fourth-order valence-electron chi connectivity index (χ4n) is 4.85. The predicted octanol–water partition coefficient (Wildman–Crippen LogP) is 5.02. The van der Waals surface area contributed by atoms with E-state index in [0.717, 1.165) is 24.7 Å². The number of aromatic nitrogens is 6. The number of nitriles is 1. The molecule has 0 aliphatic carbocycles. The van der Waals surface area contributed by atoms with Gasteiger partial charge in [-0.2, -0.15) is 5.26 Å². The van der Waals surface area contributed by atoms with E-state index < -0.39 is 17.5 Å². The molecule has 0 N–H and O–H groups in total. The molecule has 0 aromatic carbocycles. The first-order chi connectivity index (χ1) is 19.0. The van der Waals surface area contributed by atoms with E-state index in [0.29, 0.717) is 47.3 Å². The summed E-state index contributed by atoms with van der Waals surface area (Å²) in [6.45, 7) is 10.4. The molecule has 1 aliphatic heterocycles. The molecule has 5 rings (SSSR count). The Morgan fingerprint density at radius 3 is 2.73 bits per heavy atom. The van der Waals surface area contributed by atoms with Crippen molar-refractivity contribution in [3.05, 3.63) is 59.6 Å². The molecule has 0 unspecified atom stereocenters. The maximum Gasteiger partial charge on any atom is 0.410 e. The standard InChI is InChI=1S/C28H31FN8O3/c1-17-26(33-34-37(17)21-7-6-10-35(16-21)27(38)40-28(3,4)5)19-11-24-32-15-22(13-30)36(24)25(12-19)39-18(2)23-9-8-20(29)14-31-23/h8-9,11-12,14-15,18,21H,6-7,10,16H2,1-5H3/t18-,21-/m1/s1. The highest BCUT2D eigenvalue weighted by Crippen LogP contribution is 2.32. The van der Waals surface area contributed by atoms with E-state index in [-0.39, 0.29) is 12.1 Å². The lowest BCUT2D eigenvalue weighted by molar-refractivity contribution is 0.0165. The molecule has 0 radical (unpaired) electrons. The Bertz CT molecular complexity index is 1580. The van der Waals surface area contributed by atoms with Gasteiger partial charge in [0.15, 0.2) is 0 Å². The number of carbonyl (C=O) groups is 1. The normalized spacial score (nSPS) is 16.5. The quantitative estimate of drug-likeness (QED) is 0.342. The van der Waals surface area contributed by atoms with Gasteiger partial charge in [-0.1, -0.05) is 5.21 Å². The molecule has 1 aliphatic rings. The molecule has 11 nitrogen and oxygen atoms in total. The Labute approximate surface area is 231 Å². The zero-order valence-corrected chi connectivity index (χ0v) is 23.1. The molecular formula is C28H31FN8O3. The maximum atomic E-state index is 13.4. The number of carbonyl (C=O) groups excluding carboxylic acids is 1. The van der Waals surface area contributed by atoms with Crippen molar-refractivity contribution in [2.75, 3.05) is 13.1 Å². The largest absolute Gasteiger partial charge is 0.469 e. The lowest BCUT2D eigenvalue weighted by Crippen LogP contribution is -2.43. The number of pyridine rings is 2. The second-order valence-electron chi connectivity index (χ2n) is 10.9. The molecule has 4 aromatic heterocycles. The fraction of sp³-hybridized carbons (Fsp3) is 0.429. The van der Waals surface area contributed by atoms with Crippen molar-refractivity contribution in [1.82, 2.24) is 34.3 Å². The minimum Gasteiger partial charge on any atom is -0.469 e. The Morgan fingerprint density at radius 2 is 2.02 bits per heavy atom.